The molecule has 0 unspecified atom stereocenters. The number of anilines is 1. The summed E-state index contributed by atoms with van der Waals surface area (Å²) < 4.78 is 26.6. The molecule has 0 aliphatic heterocycles. The molecule has 2 N–H and O–H groups in total. The van der Waals surface area contributed by atoms with Crippen molar-refractivity contribution in [2.24, 2.45) is 0 Å². The minimum absolute atomic E-state index is 0.0823. The first-order valence-electron chi connectivity index (χ1n) is 3.99. The van der Waals surface area contributed by atoms with Crippen LogP contribution < -0.4 is 5.73 Å². The smallest absolute Gasteiger partial charge is 0.165 e. The SMILES string of the molecule is CC(C)c1c(N)c(Cl)c(F)c(Cl)c1F. The Kier molecular flexibility index (Phi) is 3.22. The number of halogens is 4. The number of benzene rings is 1. The minimum atomic E-state index is -1.01. The van der Waals surface area contributed by atoms with Gasteiger partial charge in [-0.3, -0.25) is 0 Å². The van der Waals surface area contributed by atoms with Crippen LogP contribution in [0, 0.1) is 11.6 Å². The maximum atomic E-state index is 13.4. The van der Waals surface area contributed by atoms with Gasteiger partial charge in [-0.1, -0.05) is 37.0 Å². The maximum absolute atomic E-state index is 13.4. The monoisotopic (exact) mass is 239 g/mol. The van der Waals surface area contributed by atoms with Crippen molar-refractivity contribution in [2.45, 2.75) is 19.8 Å². The summed E-state index contributed by atoms with van der Waals surface area (Å²) in [6.07, 6.45) is 0. The van der Waals surface area contributed by atoms with E-state index in [9.17, 15) is 8.78 Å². The van der Waals surface area contributed by atoms with Gasteiger partial charge in [-0.05, 0) is 5.92 Å². The minimum Gasteiger partial charge on any atom is -0.397 e. The van der Waals surface area contributed by atoms with Crippen molar-refractivity contribution in [3.63, 3.8) is 0 Å². The molecule has 5 heteroatoms. The van der Waals surface area contributed by atoms with Crippen molar-refractivity contribution in [1.29, 1.82) is 0 Å². The van der Waals surface area contributed by atoms with Crippen LogP contribution in [0.3, 0.4) is 0 Å². The van der Waals surface area contributed by atoms with Crippen molar-refractivity contribution < 1.29 is 8.78 Å². The Hall–Kier alpha value is -0.540. The molecule has 1 rings (SSSR count). The van der Waals surface area contributed by atoms with Crippen LogP contribution in [0.15, 0.2) is 0 Å². The molecular weight excluding hydrogens is 231 g/mol. The summed E-state index contributed by atoms with van der Waals surface area (Å²) in [6.45, 7) is 3.44. The highest BCUT2D eigenvalue weighted by Gasteiger charge is 2.22. The second kappa shape index (κ2) is 3.91. The highest BCUT2D eigenvalue weighted by Crippen LogP contribution is 2.38. The van der Waals surface area contributed by atoms with E-state index < -0.39 is 16.7 Å². The summed E-state index contributed by atoms with van der Waals surface area (Å²) in [5.74, 6) is -2.04. The summed E-state index contributed by atoms with van der Waals surface area (Å²) in [7, 11) is 0. The molecule has 0 aliphatic carbocycles. The van der Waals surface area contributed by atoms with E-state index in [4.69, 9.17) is 28.9 Å². The second-order valence-electron chi connectivity index (χ2n) is 3.24. The van der Waals surface area contributed by atoms with Crippen molar-refractivity contribution in [3.8, 4) is 0 Å². The molecule has 0 aromatic heterocycles. The molecule has 0 atom stereocenters. The Balaban J connectivity index is 3.60. The van der Waals surface area contributed by atoms with Gasteiger partial charge in [-0.15, -0.1) is 0 Å². The number of rotatable bonds is 1. The van der Waals surface area contributed by atoms with Gasteiger partial charge in [-0.2, -0.15) is 0 Å². The zero-order chi connectivity index (χ0) is 11.0. The van der Waals surface area contributed by atoms with E-state index in [1.807, 2.05) is 0 Å². The Morgan fingerprint density at radius 1 is 1.07 bits per heavy atom. The van der Waals surface area contributed by atoms with Crippen molar-refractivity contribution >= 4 is 28.9 Å². The Morgan fingerprint density at radius 3 is 2.00 bits per heavy atom. The van der Waals surface area contributed by atoms with Gasteiger partial charge >= 0.3 is 0 Å². The number of nitrogen functional groups attached to an aromatic ring is 1. The van der Waals surface area contributed by atoms with Gasteiger partial charge in [0, 0.05) is 5.56 Å². The van der Waals surface area contributed by atoms with E-state index in [-0.39, 0.29) is 22.2 Å². The first-order chi connectivity index (χ1) is 6.37. The van der Waals surface area contributed by atoms with E-state index in [1.165, 1.54) is 0 Å². The fourth-order valence-electron chi connectivity index (χ4n) is 1.23. The van der Waals surface area contributed by atoms with Crippen molar-refractivity contribution in [2.75, 3.05) is 5.73 Å². The number of nitrogens with two attached hydrogens (primary N) is 1. The molecule has 0 fully saturated rings. The van der Waals surface area contributed by atoms with Crippen LogP contribution in [-0.2, 0) is 0 Å². The molecular formula is C9H9Cl2F2N. The molecule has 0 aliphatic rings. The van der Waals surface area contributed by atoms with Gasteiger partial charge < -0.3 is 5.73 Å². The van der Waals surface area contributed by atoms with Gasteiger partial charge in [-0.25, -0.2) is 8.78 Å². The number of hydrogen-bond donors (Lipinski definition) is 1. The lowest BCUT2D eigenvalue weighted by atomic mass is 10.0. The summed E-state index contributed by atoms with van der Waals surface area (Å²) >= 11 is 11.0. The zero-order valence-corrected chi connectivity index (χ0v) is 9.18. The van der Waals surface area contributed by atoms with E-state index in [0.717, 1.165) is 0 Å². The van der Waals surface area contributed by atoms with Crippen molar-refractivity contribution in [1.82, 2.24) is 0 Å². The van der Waals surface area contributed by atoms with Crippen LogP contribution in [0.25, 0.3) is 0 Å². The van der Waals surface area contributed by atoms with E-state index in [1.54, 1.807) is 13.8 Å². The molecule has 0 spiro atoms. The third kappa shape index (κ3) is 1.66. The molecule has 1 nitrogen and oxygen atoms in total. The molecule has 78 valence electrons. The van der Waals surface area contributed by atoms with Gasteiger partial charge in [0.25, 0.3) is 0 Å². The fourth-order valence-corrected chi connectivity index (χ4v) is 1.67. The Bertz CT molecular complexity index is 349. The first kappa shape index (κ1) is 11.5. The van der Waals surface area contributed by atoms with E-state index in [0.29, 0.717) is 0 Å². The van der Waals surface area contributed by atoms with Gasteiger partial charge in [0.15, 0.2) is 5.82 Å². The third-order valence-electron chi connectivity index (χ3n) is 1.92. The molecule has 0 bridgehead atoms. The predicted octanol–water partition coefficient (Wildman–Crippen LogP) is 3.98. The maximum Gasteiger partial charge on any atom is 0.165 e. The van der Waals surface area contributed by atoms with Crippen LogP contribution in [0.5, 0.6) is 0 Å². The summed E-state index contributed by atoms with van der Waals surface area (Å²) in [5.41, 5.74) is 5.56. The Morgan fingerprint density at radius 2 is 1.57 bits per heavy atom. The standard InChI is InChI=1S/C9H9Cl2F2N/c1-3(2)4-7(12)5(10)8(13)6(11)9(4)14/h3H,14H2,1-2H3. The predicted molar refractivity (Wildman–Crippen MR) is 54.9 cm³/mol. The quantitative estimate of drug-likeness (QED) is 0.448. The molecule has 0 saturated carbocycles. The average Bonchev–Trinajstić information content (AvgIpc) is 2.11. The lowest BCUT2D eigenvalue weighted by molar-refractivity contribution is 0.568. The lowest BCUT2D eigenvalue weighted by Crippen LogP contribution is -2.04. The second-order valence-corrected chi connectivity index (χ2v) is 3.99. The molecule has 1 aromatic rings. The summed E-state index contributed by atoms with van der Waals surface area (Å²) in [4.78, 5) is 0. The van der Waals surface area contributed by atoms with Gasteiger partial charge in [0.2, 0.25) is 0 Å². The van der Waals surface area contributed by atoms with Crippen LogP contribution >= 0.6 is 23.2 Å². The molecule has 0 heterocycles. The first-order valence-corrected chi connectivity index (χ1v) is 4.74. The van der Waals surface area contributed by atoms with E-state index >= 15 is 0 Å². The van der Waals surface area contributed by atoms with Crippen LogP contribution in [0.4, 0.5) is 14.5 Å². The topological polar surface area (TPSA) is 26.0 Å². The zero-order valence-electron chi connectivity index (χ0n) is 7.67. The molecule has 1 aromatic carbocycles. The lowest BCUT2D eigenvalue weighted by Gasteiger charge is -2.14. The average molecular weight is 240 g/mol. The molecule has 14 heavy (non-hydrogen) atoms. The largest absolute Gasteiger partial charge is 0.397 e. The normalized spacial score (nSPS) is 11.1. The summed E-state index contributed by atoms with van der Waals surface area (Å²) in [6, 6.07) is 0. The number of hydrogen-bond acceptors (Lipinski definition) is 1. The highest BCUT2D eigenvalue weighted by atomic mass is 35.5. The van der Waals surface area contributed by atoms with Crippen LogP contribution in [0.2, 0.25) is 10.0 Å². The summed E-state index contributed by atoms with van der Waals surface area (Å²) in [5, 5.41) is -0.923. The fraction of sp³-hybridized carbons (Fsp3) is 0.333. The van der Waals surface area contributed by atoms with Gasteiger partial charge in [0.1, 0.15) is 15.9 Å². The van der Waals surface area contributed by atoms with Crippen LogP contribution in [0.1, 0.15) is 25.3 Å². The molecule has 0 saturated heterocycles. The van der Waals surface area contributed by atoms with Crippen molar-refractivity contribution in [3.05, 3.63) is 27.2 Å². The van der Waals surface area contributed by atoms with E-state index in [2.05, 4.69) is 0 Å². The highest BCUT2D eigenvalue weighted by molar-refractivity contribution is 6.36. The Labute approximate surface area is 90.8 Å². The van der Waals surface area contributed by atoms with Crippen LogP contribution in [-0.4, -0.2) is 0 Å². The molecule has 0 radical (unpaired) electrons. The third-order valence-corrected chi connectivity index (χ3v) is 2.62. The molecule has 0 amide bonds. The van der Waals surface area contributed by atoms with Gasteiger partial charge in [0.05, 0.1) is 5.69 Å².